The molecular formula is C28H26N2O6. The molecule has 1 atom stereocenters. The van der Waals surface area contributed by atoms with E-state index in [1.54, 1.807) is 6.92 Å². The molecule has 2 aromatic heterocycles. The van der Waals surface area contributed by atoms with E-state index < -0.39 is 12.6 Å². The van der Waals surface area contributed by atoms with Gasteiger partial charge in [0.15, 0.2) is 24.2 Å². The van der Waals surface area contributed by atoms with E-state index in [-0.39, 0.29) is 17.5 Å². The monoisotopic (exact) mass is 486 g/mol. The second kappa shape index (κ2) is 9.73. The van der Waals surface area contributed by atoms with Crippen LogP contribution < -0.4 is 9.47 Å². The molecule has 0 N–H and O–H groups in total. The summed E-state index contributed by atoms with van der Waals surface area (Å²) in [5.41, 5.74) is 3.53. The molecule has 184 valence electrons. The van der Waals surface area contributed by atoms with Gasteiger partial charge in [0.25, 0.3) is 0 Å². The molecule has 1 aliphatic rings. The van der Waals surface area contributed by atoms with Crippen LogP contribution in [0.5, 0.6) is 11.5 Å². The second-order valence-electron chi connectivity index (χ2n) is 8.72. The summed E-state index contributed by atoms with van der Waals surface area (Å²) >= 11 is 0. The maximum absolute atomic E-state index is 13.0. The number of hydrogen-bond acceptors (Lipinski definition) is 7. The van der Waals surface area contributed by atoms with Crippen molar-refractivity contribution in [3.8, 4) is 22.8 Å². The number of ketones is 1. The summed E-state index contributed by atoms with van der Waals surface area (Å²) in [5, 5.41) is 4.00. The minimum absolute atomic E-state index is 0.196. The molecule has 0 saturated carbocycles. The molecule has 5 rings (SSSR count). The first-order chi connectivity index (χ1) is 17.4. The average Bonchev–Trinajstić information content (AvgIpc) is 3.42. The first-order valence-corrected chi connectivity index (χ1v) is 11.7. The molecule has 1 aliphatic heterocycles. The lowest BCUT2D eigenvalue weighted by molar-refractivity contribution is 0.0473. The highest BCUT2D eigenvalue weighted by atomic mass is 16.6. The van der Waals surface area contributed by atoms with Gasteiger partial charge in [0, 0.05) is 22.5 Å². The Bertz CT molecular complexity index is 1420. The summed E-state index contributed by atoms with van der Waals surface area (Å²) in [6.45, 7) is 5.99. The van der Waals surface area contributed by atoms with E-state index in [1.165, 1.54) is 0 Å². The molecule has 0 spiro atoms. The smallest absolute Gasteiger partial charge is 0.344 e. The van der Waals surface area contributed by atoms with E-state index >= 15 is 0 Å². The highest BCUT2D eigenvalue weighted by Crippen LogP contribution is 2.32. The van der Waals surface area contributed by atoms with Gasteiger partial charge in [-0.05, 0) is 39.0 Å². The predicted octanol–water partition coefficient (Wildman–Crippen LogP) is 4.95. The van der Waals surface area contributed by atoms with Crippen molar-refractivity contribution in [3.63, 3.8) is 0 Å². The molecule has 8 heteroatoms. The third kappa shape index (κ3) is 4.49. The number of Topliss-reactive ketones (excluding diaryl/α,β-unsaturated/α-hetero) is 1. The van der Waals surface area contributed by atoms with Gasteiger partial charge >= 0.3 is 5.97 Å². The first-order valence-electron chi connectivity index (χ1n) is 11.7. The van der Waals surface area contributed by atoms with Crippen molar-refractivity contribution < 1.29 is 28.3 Å². The van der Waals surface area contributed by atoms with E-state index in [9.17, 15) is 9.59 Å². The highest BCUT2D eigenvalue weighted by Gasteiger charge is 2.26. The molecule has 8 nitrogen and oxygen atoms in total. The molecule has 0 saturated heterocycles. The number of carbonyl (C=O) groups is 2. The number of esters is 1. The van der Waals surface area contributed by atoms with Gasteiger partial charge in [0.1, 0.15) is 23.6 Å². The van der Waals surface area contributed by atoms with Crippen LogP contribution in [-0.2, 0) is 11.3 Å². The number of carbonyl (C=O) groups excluding carboxylic acids is 2. The lowest BCUT2D eigenvalue weighted by Gasteiger charge is -2.27. The third-order valence-corrected chi connectivity index (χ3v) is 6.28. The Morgan fingerprint density at radius 2 is 1.75 bits per heavy atom. The molecule has 1 unspecified atom stereocenters. The maximum Gasteiger partial charge on any atom is 0.344 e. The maximum atomic E-state index is 13.0. The van der Waals surface area contributed by atoms with Crippen LogP contribution in [0.4, 0.5) is 0 Å². The molecule has 2 aromatic carbocycles. The molecule has 36 heavy (non-hydrogen) atoms. The highest BCUT2D eigenvalue weighted by molar-refractivity contribution is 6.02. The Balaban J connectivity index is 1.27. The first kappa shape index (κ1) is 23.4. The van der Waals surface area contributed by atoms with E-state index in [0.717, 1.165) is 22.7 Å². The normalized spacial score (nSPS) is 14.5. The van der Waals surface area contributed by atoms with Crippen LogP contribution in [0.15, 0.2) is 65.2 Å². The number of hydrogen-bond donors (Lipinski definition) is 0. The van der Waals surface area contributed by atoms with E-state index in [2.05, 4.69) is 5.16 Å². The molecule has 0 aliphatic carbocycles. The van der Waals surface area contributed by atoms with Gasteiger partial charge in [0.2, 0.25) is 5.78 Å². The number of aromatic nitrogens is 2. The van der Waals surface area contributed by atoms with Crippen LogP contribution in [0.2, 0.25) is 0 Å². The summed E-state index contributed by atoms with van der Waals surface area (Å²) in [6, 6.07) is 18.6. The van der Waals surface area contributed by atoms with Crippen molar-refractivity contribution in [2.24, 2.45) is 0 Å². The summed E-state index contributed by atoms with van der Waals surface area (Å²) in [6.07, 6.45) is -0.196. The number of fused-ring (bicyclic) bond motifs is 1. The molecule has 0 fully saturated rings. The molecule has 0 bridgehead atoms. The lowest BCUT2D eigenvalue weighted by Crippen LogP contribution is -2.33. The number of rotatable bonds is 7. The fourth-order valence-electron chi connectivity index (χ4n) is 4.41. The molecule has 0 radical (unpaired) electrons. The topological polar surface area (TPSA) is 92.8 Å². The van der Waals surface area contributed by atoms with E-state index in [0.29, 0.717) is 35.9 Å². The van der Waals surface area contributed by atoms with Crippen LogP contribution in [0.1, 0.15) is 37.9 Å². The summed E-state index contributed by atoms with van der Waals surface area (Å²) < 4.78 is 24.6. The third-order valence-electron chi connectivity index (χ3n) is 6.28. The summed E-state index contributed by atoms with van der Waals surface area (Å²) in [7, 11) is 0. The number of aryl methyl sites for hydroxylation is 2. The number of ether oxygens (including phenoxy) is 3. The van der Waals surface area contributed by atoms with Crippen LogP contribution in [0, 0.1) is 20.8 Å². The fraction of sp³-hybridized carbons (Fsp3) is 0.250. The van der Waals surface area contributed by atoms with Crippen molar-refractivity contribution in [3.05, 3.63) is 88.9 Å². The largest absolute Gasteiger partial charge is 0.486 e. The zero-order chi connectivity index (χ0) is 25.2. The SMILES string of the molecule is Cc1onc(-c2ccccc2)c1C(=O)OCC(=O)c1cc(C)n(CC2COc3ccccc3O2)c1C. The van der Waals surface area contributed by atoms with Crippen LogP contribution in [-0.4, -0.2) is 40.8 Å². The zero-order valence-electron chi connectivity index (χ0n) is 20.3. The van der Waals surface area contributed by atoms with E-state index in [1.807, 2.05) is 79.1 Å². The average molecular weight is 487 g/mol. The van der Waals surface area contributed by atoms with Crippen molar-refractivity contribution in [2.75, 3.05) is 13.2 Å². The van der Waals surface area contributed by atoms with E-state index in [4.69, 9.17) is 18.7 Å². The van der Waals surface area contributed by atoms with Crippen LogP contribution in [0.3, 0.4) is 0 Å². The minimum atomic E-state index is -0.652. The molecule has 4 aromatic rings. The molecule has 0 amide bonds. The predicted molar refractivity (Wildman–Crippen MR) is 132 cm³/mol. The van der Waals surface area contributed by atoms with Crippen molar-refractivity contribution >= 4 is 11.8 Å². The Kier molecular flexibility index (Phi) is 6.33. The number of benzene rings is 2. The summed E-state index contributed by atoms with van der Waals surface area (Å²) in [5.74, 6) is 0.829. The van der Waals surface area contributed by atoms with Crippen molar-refractivity contribution in [1.82, 2.24) is 9.72 Å². The van der Waals surface area contributed by atoms with Gasteiger partial charge in [-0.1, -0.05) is 47.6 Å². The van der Waals surface area contributed by atoms with Crippen molar-refractivity contribution in [2.45, 2.75) is 33.4 Å². The van der Waals surface area contributed by atoms with Crippen LogP contribution >= 0.6 is 0 Å². The molecule has 3 heterocycles. The number of para-hydroxylation sites is 2. The standard InChI is InChI=1S/C28H26N2O6/c1-17-13-22(18(2)30(17)14-21-15-33-24-11-7-8-12-25(24)35-21)23(31)16-34-28(32)26-19(3)36-29-27(26)20-9-5-4-6-10-20/h4-13,21H,14-16H2,1-3H3. The Labute approximate surface area is 208 Å². The van der Waals surface area contributed by atoms with Crippen molar-refractivity contribution in [1.29, 1.82) is 0 Å². The van der Waals surface area contributed by atoms with Crippen LogP contribution in [0.25, 0.3) is 11.3 Å². The van der Waals surface area contributed by atoms with Gasteiger partial charge in [-0.2, -0.15) is 0 Å². The molecular weight excluding hydrogens is 460 g/mol. The minimum Gasteiger partial charge on any atom is -0.486 e. The quantitative estimate of drug-likeness (QED) is 0.270. The fourth-order valence-corrected chi connectivity index (χ4v) is 4.41. The number of nitrogens with zero attached hydrogens (tertiary/aromatic N) is 2. The van der Waals surface area contributed by atoms with Gasteiger partial charge in [0.05, 0.1) is 6.54 Å². The van der Waals surface area contributed by atoms with Gasteiger partial charge in [-0.3, -0.25) is 4.79 Å². The van der Waals surface area contributed by atoms with Gasteiger partial charge < -0.3 is 23.3 Å². The zero-order valence-corrected chi connectivity index (χ0v) is 20.3. The van der Waals surface area contributed by atoms with Gasteiger partial charge in [-0.15, -0.1) is 0 Å². The Morgan fingerprint density at radius 1 is 1.03 bits per heavy atom. The van der Waals surface area contributed by atoms with Gasteiger partial charge in [-0.25, -0.2) is 4.79 Å². The lowest BCUT2D eigenvalue weighted by atomic mass is 10.1. The Morgan fingerprint density at radius 3 is 2.53 bits per heavy atom. The summed E-state index contributed by atoms with van der Waals surface area (Å²) in [4.78, 5) is 25.9. The second-order valence-corrected chi connectivity index (χ2v) is 8.72. The Hall–Kier alpha value is -4.33.